The van der Waals surface area contributed by atoms with Crippen LogP contribution in [0, 0.1) is 6.92 Å². The maximum absolute atomic E-state index is 12.2. The number of hydrogen-bond acceptors (Lipinski definition) is 2. The Balaban J connectivity index is 0.00000225. The van der Waals surface area contributed by atoms with Crippen molar-refractivity contribution in [2.75, 3.05) is 23.0 Å². The van der Waals surface area contributed by atoms with Gasteiger partial charge in [-0.3, -0.25) is 9.47 Å². The first-order valence-electron chi connectivity index (χ1n) is 8.88. The maximum atomic E-state index is 12.2. The Bertz CT molecular complexity index is 704. The van der Waals surface area contributed by atoms with Crippen molar-refractivity contribution in [3.63, 3.8) is 0 Å². The van der Waals surface area contributed by atoms with Crippen LogP contribution < -0.4 is 9.91 Å². The van der Waals surface area contributed by atoms with Gasteiger partial charge in [0.15, 0.2) is 0 Å². The highest BCUT2D eigenvalue weighted by molar-refractivity contribution is 5.85. The van der Waals surface area contributed by atoms with E-state index in [2.05, 4.69) is 36.1 Å². The summed E-state index contributed by atoms with van der Waals surface area (Å²) in [4.78, 5) is 14.7. The third kappa shape index (κ3) is 4.01. The average Bonchev–Trinajstić information content (AvgIpc) is 3.01. The number of para-hydroxylation sites is 1. The molecule has 0 atom stereocenters. The second-order valence-electron chi connectivity index (χ2n) is 6.56. The van der Waals surface area contributed by atoms with Crippen molar-refractivity contribution in [1.82, 2.24) is 4.68 Å². The monoisotopic (exact) mass is 361 g/mol. The van der Waals surface area contributed by atoms with E-state index in [1.807, 2.05) is 34.9 Å². The molecule has 3 rings (SSSR count). The third-order valence-corrected chi connectivity index (χ3v) is 5.00. The summed E-state index contributed by atoms with van der Waals surface area (Å²) in [5.41, 5.74) is 3.86. The Morgan fingerprint density at radius 3 is 2.40 bits per heavy atom. The minimum Gasteiger partial charge on any atom is -0.371 e. The summed E-state index contributed by atoms with van der Waals surface area (Å²) in [6, 6.07) is 13.0. The van der Waals surface area contributed by atoms with Crippen molar-refractivity contribution >= 4 is 24.0 Å². The molecular weight excluding hydrogens is 334 g/mol. The maximum Gasteiger partial charge on any atom is 0.238 e. The molecule has 0 aliphatic carbocycles. The zero-order chi connectivity index (χ0) is 17.1. The minimum absolute atomic E-state index is 0. The van der Waals surface area contributed by atoms with E-state index < -0.39 is 0 Å². The van der Waals surface area contributed by atoms with E-state index >= 15 is 0 Å². The fraction of sp³-hybridized carbons (Fsp3) is 0.450. The number of nitrogens with zero attached hydrogens (tertiary/aromatic N) is 3. The molecule has 1 amide bonds. The molecule has 1 aliphatic heterocycles. The minimum atomic E-state index is 0. The van der Waals surface area contributed by atoms with Gasteiger partial charge in [-0.2, -0.15) is 0 Å². The highest BCUT2D eigenvalue weighted by Gasteiger charge is 2.28. The molecule has 1 fully saturated rings. The van der Waals surface area contributed by atoms with Gasteiger partial charge in [0.05, 0.1) is 6.04 Å². The largest absolute Gasteiger partial charge is 0.371 e. The van der Waals surface area contributed by atoms with E-state index in [0.717, 1.165) is 38.0 Å². The first kappa shape index (κ1) is 19.4. The molecule has 136 valence electrons. The normalized spacial score (nSPS) is 14.9. The van der Waals surface area contributed by atoms with Crippen molar-refractivity contribution < 1.29 is 4.79 Å². The number of aryl methyl sites for hydroxylation is 2. The van der Waals surface area contributed by atoms with Crippen molar-refractivity contribution in [3.05, 3.63) is 53.9 Å². The standard InChI is InChI=1S/C20H27N3O.ClH/c1-4-18-9-5-6-10-20(18)21-14-11-19(12-15-21)23(17(3)24)22-13-7-8-16(22)2;/h5-10,13,19H,4,11-12,14-15H2,1-3H3;1H. The van der Waals surface area contributed by atoms with E-state index in [1.54, 1.807) is 6.92 Å². The first-order valence-corrected chi connectivity index (χ1v) is 8.88. The van der Waals surface area contributed by atoms with Crippen LogP contribution in [-0.4, -0.2) is 29.7 Å². The molecule has 0 saturated carbocycles. The summed E-state index contributed by atoms with van der Waals surface area (Å²) in [5.74, 6) is 0.113. The molecule has 25 heavy (non-hydrogen) atoms. The summed E-state index contributed by atoms with van der Waals surface area (Å²) in [7, 11) is 0. The van der Waals surface area contributed by atoms with Crippen LogP contribution in [0.15, 0.2) is 42.6 Å². The van der Waals surface area contributed by atoms with Gasteiger partial charge < -0.3 is 4.90 Å². The SMILES string of the molecule is CCc1ccccc1N1CCC(N(C(C)=O)n2cccc2C)CC1.Cl. The van der Waals surface area contributed by atoms with E-state index in [1.165, 1.54) is 11.3 Å². The Labute approximate surface area is 156 Å². The molecule has 1 aliphatic rings. The van der Waals surface area contributed by atoms with E-state index in [9.17, 15) is 4.79 Å². The number of amides is 1. The summed E-state index contributed by atoms with van der Waals surface area (Å²) >= 11 is 0. The van der Waals surface area contributed by atoms with E-state index in [0.29, 0.717) is 0 Å². The number of halogens is 1. The van der Waals surface area contributed by atoms with Crippen molar-refractivity contribution in [3.8, 4) is 0 Å². The fourth-order valence-corrected chi connectivity index (χ4v) is 3.75. The molecule has 1 saturated heterocycles. The Hall–Kier alpha value is -1.94. The molecule has 1 aromatic heterocycles. The molecule has 0 spiro atoms. The number of benzene rings is 1. The lowest BCUT2D eigenvalue weighted by molar-refractivity contribution is -0.118. The van der Waals surface area contributed by atoms with Crippen LogP contribution in [0.1, 0.15) is 37.9 Å². The predicted molar refractivity (Wildman–Crippen MR) is 106 cm³/mol. The fourth-order valence-electron chi connectivity index (χ4n) is 3.75. The van der Waals surface area contributed by atoms with Crippen molar-refractivity contribution in [2.24, 2.45) is 0 Å². The Kier molecular flexibility index (Phi) is 6.54. The number of hydrogen-bond donors (Lipinski definition) is 0. The average molecular weight is 362 g/mol. The quantitative estimate of drug-likeness (QED) is 0.825. The number of rotatable bonds is 4. The molecule has 5 heteroatoms. The van der Waals surface area contributed by atoms with E-state index in [4.69, 9.17) is 0 Å². The highest BCUT2D eigenvalue weighted by Crippen LogP contribution is 2.26. The molecule has 1 aromatic carbocycles. The second-order valence-corrected chi connectivity index (χ2v) is 6.56. The topological polar surface area (TPSA) is 28.5 Å². The summed E-state index contributed by atoms with van der Waals surface area (Å²) in [5, 5.41) is 1.93. The lowest BCUT2D eigenvalue weighted by Crippen LogP contribution is -2.52. The van der Waals surface area contributed by atoms with Crippen LogP contribution in [0.4, 0.5) is 5.69 Å². The molecule has 0 radical (unpaired) electrons. The first-order chi connectivity index (χ1) is 11.6. The molecule has 4 nitrogen and oxygen atoms in total. The van der Waals surface area contributed by atoms with Gasteiger partial charge >= 0.3 is 0 Å². The van der Waals surface area contributed by atoms with Crippen LogP contribution in [-0.2, 0) is 11.2 Å². The van der Waals surface area contributed by atoms with Crippen molar-refractivity contribution in [2.45, 2.75) is 46.1 Å². The number of carbonyl (C=O) groups excluding carboxylic acids is 1. The number of piperidine rings is 1. The molecule has 2 heterocycles. The van der Waals surface area contributed by atoms with Gasteiger partial charge in [-0.15, -0.1) is 12.4 Å². The van der Waals surface area contributed by atoms with Crippen LogP contribution in [0.5, 0.6) is 0 Å². The molecular formula is C20H28ClN3O. The van der Waals surface area contributed by atoms with E-state index in [-0.39, 0.29) is 24.4 Å². The molecule has 2 aromatic rings. The smallest absolute Gasteiger partial charge is 0.238 e. The van der Waals surface area contributed by atoms with Crippen molar-refractivity contribution in [1.29, 1.82) is 0 Å². The lowest BCUT2D eigenvalue weighted by atomic mass is 10.0. The van der Waals surface area contributed by atoms with Crippen LogP contribution in [0.2, 0.25) is 0 Å². The summed E-state index contributed by atoms with van der Waals surface area (Å²) in [6.45, 7) is 7.90. The van der Waals surface area contributed by atoms with Gasteiger partial charge in [-0.05, 0) is 49.9 Å². The molecule has 0 N–H and O–H groups in total. The lowest BCUT2D eigenvalue weighted by Gasteiger charge is -2.40. The predicted octanol–water partition coefficient (Wildman–Crippen LogP) is 3.93. The van der Waals surface area contributed by atoms with Crippen LogP contribution >= 0.6 is 12.4 Å². The second kappa shape index (κ2) is 8.43. The Morgan fingerprint density at radius 2 is 1.84 bits per heavy atom. The van der Waals surface area contributed by atoms with Gasteiger partial charge in [0.2, 0.25) is 5.91 Å². The van der Waals surface area contributed by atoms with Crippen LogP contribution in [0.25, 0.3) is 0 Å². The van der Waals surface area contributed by atoms with Gasteiger partial charge in [-0.25, -0.2) is 5.01 Å². The molecule has 0 unspecified atom stereocenters. The highest BCUT2D eigenvalue weighted by atomic mass is 35.5. The number of aromatic nitrogens is 1. The third-order valence-electron chi connectivity index (χ3n) is 5.00. The summed E-state index contributed by atoms with van der Waals surface area (Å²) in [6.07, 6.45) is 5.03. The van der Waals surface area contributed by atoms with Gasteiger partial charge in [0.1, 0.15) is 0 Å². The molecule has 0 bridgehead atoms. The Morgan fingerprint density at radius 1 is 1.16 bits per heavy atom. The van der Waals surface area contributed by atoms with Gasteiger partial charge in [0.25, 0.3) is 0 Å². The zero-order valence-corrected chi connectivity index (χ0v) is 16.1. The van der Waals surface area contributed by atoms with Gasteiger partial charge in [0, 0.05) is 37.6 Å². The number of anilines is 1. The summed E-state index contributed by atoms with van der Waals surface area (Å²) < 4.78 is 2.00. The number of carbonyl (C=O) groups is 1. The zero-order valence-electron chi connectivity index (χ0n) is 15.3. The van der Waals surface area contributed by atoms with Gasteiger partial charge in [-0.1, -0.05) is 25.1 Å². The van der Waals surface area contributed by atoms with Crippen LogP contribution in [0.3, 0.4) is 0 Å².